The van der Waals surface area contributed by atoms with E-state index >= 15 is 0 Å². The molecule has 0 aliphatic carbocycles. The first-order chi connectivity index (χ1) is 10.1. The van der Waals surface area contributed by atoms with Gasteiger partial charge in [0.1, 0.15) is 11.5 Å². The Morgan fingerprint density at radius 2 is 1.81 bits per heavy atom. The molecule has 0 bridgehead atoms. The molecule has 0 N–H and O–H groups in total. The normalized spacial score (nSPS) is 10.2. The van der Waals surface area contributed by atoms with Crippen LogP contribution >= 0.6 is 23.2 Å². The maximum absolute atomic E-state index is 12.0. The number of rotatable bonds is 6. The molecule has 2 rings (SSSR count). The van der Waals surface area contributed by atoms with Crippen LogP contribution in [0.2, 0.25) is 10.0 Å². The lowest BCUT2D eigenvalue weighted by Gasteiger charge is -2.08. The van der Waals surface area contributed by atoms with Gasteiger partial charge in [-0.3, -0.25) is 4.79 Å². The highest BCUT2D eigenvalue weighted by atomic mass is 35.5. The summed E-state index contributed by atoms with van der Waals surface area (Å²) in [6.07, 6.45) is 0.269. The van der Waals surface area contributed by atoms with E-state index in [1.807, 2.05) is 0 Å². The van der Waals surface area contributed by atoms with Gasteiger partial charge in [0.2, 0.25) is 0 Å². The highest BCUT2D eigenvalue weighted by molar-refractivity contribution is 6.35. The predicted octanol–water partition coefficient (Wildman–Crippen LogP) is 4.65. The Balaban J connectivity index is 1.88. The number of hydrogen-bond acceptors (Lipinski definition) is 3. The first kappa shape index (κ1) is 15.7. The number of carbonyl (C=O) groups is 1. The predicted molar refractivity (Wildman–Crippen MR) is 83.9 cm³/mol. The Hall–Kier alpha value is -1.71. The lowest BCUT2D eigenvalue weighted by atomic mass is 10.1. The monoisotopic (exact) mass is 324 g/mol. The van der Waals surface area contributed by atoms with E-state index in [1.165, 1.54) is 0 Å². The molecule has 0 heterocycles. The van der Waals surface area contributed by atoms with Crippen molar-refractivity contribution in [1.29, 1.82) is 0 Å². The number of carbonyl (C=O) groups excluding carboxylic acids is 1. The van der Waals surface area contributed by atoms with E-state index in [9.17, 15) is 4.79 Å². The first-order valence-corrected chi connectivity index (χ1v) is 7.11. The average Bonchev–Trinajstić information content (AvgIpc) is 2.49. The van der Waals surface area contributed by atoms with Crippen molar-refractivity contribution < 1.29 is 14.3 Å². The number of benzene rings is 2. The smallest absolute Gasteiger partial charge is 0.166 e. The van der Waals surface area contributed by atoms with Crippen LogP contribution in [0.3, 0.4) is 0 Å². The van der Waals surface area contributed by atoms with E-state index in [2.05, 4.69) is 0 Å². The molecule has 0 aromatic heterocycles. The number of ketones is 1. The largest absolute Gasteiger partial charge is 0.497 e. The second kappa shape index (κ2) is 7.34. The number of Topliss-reactive ketones (excluding diaryl/α,β-unsaturated/α-hetero) is 1. The summed E-state index contributed by atoms with van der Waals surface area (Å²) in [5, 5.41) is 0.973. The van der Waals surface area contributed by atoms with Crippen LogP contribution in [0.25, 0.3) is 0 Å². The number of ether oxygens (including phenoxy) is 2. The Bertz CT molecular complexity index is 624. The van der Waals surface area contributed by atoms with Gasteiger partial charge in [-0.05, 0) is 42.5 Å². The maximum Gasteiger partial charge on any atom is 0.166 e. The third-order valence-corrected chi connectivity index (χ3v) is 3.42. The summed E-state index contributed by atoms with van der Waals surface area (Å²) in [5.74, 6) is 1.24. The third-order valence-electron chi connectivity index (χ3n) is 2.89. The summed E-state index contributed by atoms with van der Waals surface area (Å²) in [7, 11) is 1.58. The van der Waals surface area contributed by atoms with Gasteiger partial charge in [-0.2, -0.15) is 0 Å². The van der Waals surface area contributed by atoms with Crippen LogP contribution in [0, 0.1) is 0 Å². The minimum Gasteiger partial charge on any atom is -0.497 e. The van der Waals surface area contributed by atoms with Crippen molar-refractivity contribution in [2.75, 3.05) is 13.7 Å². The van der Waals surface area contributed by atoms with Crippen LogP contribution in [0.5, 0.6) is 11.5 Å². The van der Waals surface area contributed by atoms with E-state index in [0.717, 1.165) is 5.75 Å². The Morgan fingerprint density at radius 3 is 2.43 bits per heavy atom. The minimum atomic E-state index is 0.00254. The lowest BCUT2D eigenvalue weighted by molar-refractivity contribution is 0.0962. The molecule has 0 aliphatic rings. The molecule has 0 radical (unpaired) electrons. The fraction of sp³-hybridized carbons (Fsp3) is 0.188. The van der Waals surface area contributed by atoms with Crippen molar-refractivity contribution in [3.05, 3.63) is 58.1 Å². The van der Waals surface area contributed by atoms with Crippen molar-refractivity contribution in [3.8, 4) is 11.5 Å². The van der Waals surface area contributed by atoms with E-state index in [-0.39, 0.29) is 18.8 Å². The zero-order chi connectivity index (χ0) is 15.2. The topological polar surface area (TPSA) is 35.5 Å². The van der Waals surface area contributed by atoms with Gasteiger partial charge in [0.15, 0.2) is 5.78 Å². The SMILES string of the molecule is COc1ccc(C(=O)CCOc2ccc(Cl)cc2Cl)cc1. The lowest BCUT2D eigenvalue weighted by Crippen LogP contribution is -2.07. The van der Waals surface area contributed by atoms with E-state index < -0.39 is 0 Å². The van der Waals surface area contributed by atoms with Crippen LogP contribution in [0.15, 0.2) is 42.5 Å². The Labute approximate surface area is 133 Å². The molecule has 0 saturated heterocycles. The second-order valence-corrected chi connectivity index (χ2v) is 5.17. The molecular formula is C16H14Cl2O3. The standard InChI is InChI=1S/C16H14Cl2O3/c1-20-13-5-2-11(3-6-13)15(19)8-9-21-16-7-4-12(17)10-14(16)18/h2-7,10H,8-9H2,1H3. The quantitative estimate of drug-likeness (QED) is 0.725. The van der Waals surface area contributed by atoms with Gasteiger partial charge >= 0.3 is 0 Å². The van der Waals surface area contributed by atoms with Gasteiger partial charge in [0.25, 0.3) is 0 Å². The summed E-state index contributed by atoms with van der Waals surface area (Å²) >= 11 is 11.8. The summed E-state index contributed by atoms with van der Waals surface area (Å²) in [6.45, 7) is 0.256. The molecule has 0 fully saturated rings. The molecule has 2 aromatic carbocycles. The molecule has 110 valence electrons. The molecule has 0 saturated carbocycles. The van der Waals surface area contributed by atoms with E-state index in [0.29, 0.717) is 21.4 Å². The molecule has 21 heavy (non-hydrogen) atoms. The molecule has 0 spiro atoms. The zero-order valence-electron chi connectivity index (χ0n) is 11.4. The van der Waals surface area contributed by atoms with Gasteiger partial charge < -0.3 is 9.47 Å². The van der Waals surface area contributed by atoms with Crippen molar-refractivity contribution >= 4 is 29.0 Å². The van der Waals surface area contributed by atoms with Crippen LogP contribution in [0.1, 0.15) is 16.8 Å². The van der Waals surface area contributed by atoms with E-state index in [4.69, 9.17) is 32.7 Å². The van der Waals surface area contributed by atoms with Gasteiger partial charge in [0.05, 0.1) is 18.7 Å². The molecule has 0 aliphatic heterocycles. The van der Waals surface area contributed by atoms with Crippen molar-refractivity contribution in [2.24, 2.45) is 0 Å². The molecule has 2 aromatic rings. The van der Waals surface area contributed by atoms with Crippen molar-refractivity contribution in [1.82, 2.24) is 0 Å². The Morgan fingerprint density at radius 1 is 1.10 bits per heavy atom. The van der Waals surface area contributed by atoms with Gasteiger partial charge in [0, 0.05) is 17.0 Å². The Kier molecular flexibility index (Phi) is 5.48. The summed E-state index contributed by atoms with van der Waals surface area (Å²) in [4.78, 5) is 12.0. The van der Waals surface area contributed by atoms with Crippen LogP contribution in [-0.2, 0) is 0 Å². The summed E-state index contributed by atoms with van der Waals surface area (Å²) in [6, 6.07) is 11.9. The van der Waals surface area contributed by atoms with Crippen molar-refractivity contribution in [2.45, 2.75) is 6.42 Å². The van der Waals surface area contributed by atoms with E-state index in [1.54, 1.807) is 49.6 Å². The first-order valence-electron chi connectivity index (χ1n) is 6.35. The van der Waals surface area contributed by atoms with Gasteiger partial charge in [-0.1, -0.05) is 23.2 Å². The second-order valence-electron chi connectivity index (χ2n) is 4.32. The molecule has 5 heteroatoms. The average molecular weight is 325 g/mol. The highest BCUT2D eigenvalue weighted by Crippen LogP contribution is 2.27. The highest BCUT2D eigenvalue weighted by Gasteiger charge is 2.08. The fourth-order valence-corrected chi connectivity index (χ4v) is 2.23. The molecule has 0 unspecified atom stereocenters. The fourth-order valence-electron chi connectivity index (χ4n) is 1.77. The zero-order valence-corrected chi connectivity index (χ0v) is 12.9. The summed E-state index contributed by atoms with van der Waals surface area (Å²) in [5.41, 5.74) is 0.626. The number of hydrogen-bond donors (Lipinski definition) is 0. The van der Waals surface area contributed by atoms with Crippen LogP contribution < -0.4 is 9.47 Å². The number of halogens is 2. The van der Waals surface area contributed by atoms with Crippen LogP contribution in [-0.4, -0.2) is 19.5 Å². The van der Waals surface area contributed by atoms with Crippen LogP contribution in [0.4, 0.5) is 0 Å². The van der Waals surface area contributed by atoms with Gasteiger partial charge in [-0.15, -0.1) is 0 Å². The molecular weight excluding hydrogens is 311 g/mol. The molecule has 0 atom stereocenters. The summed E-state index contributed by atoms with van der Waals surface area (Å²) < 4.78 is 10.5. The molecule has 0 amide bonds. The van der Waals surface area contributed by atoms with Gasteiger partial charge in [-0.25, -0.2) is 0 Å². The maximum atomic E-state index is 12.0. The molecule has 3 nitrogen and oxygen atoms in total. The minimum absolute atomic E-state index is 0.00254. The third kappa shape index (κ3) is 4.38. The van der Waals surface area contributed by atoms with Crippen molar-refractivity contribution in [3.63, 3.8) is 0 Å². The number of methoxy groups -OCH3 is 1.